The summed E-state index contributed by atoms with van der Waals surface area (Å²) in [6.07, 6.45) is 2.81. The van der Waals surface area contributed by atoms with Gasteiger partial charge in [0, 0.05) is 30.4 Å². The van der Waals surface area contributed by atoms with Crippen molar-refractivity contribution in [2.75, 3.05) is 31.2 Å². The van der Waals surface area contributed by atoms with Crippen LogP contribution < -0.4 is 4.90 Å². The molecule has 4 rings (SSSR count). The first-order chi connectivity index (χ1) is 14.5. The van der Waals surface area contributed by atoms with Crippen LogP contribution in [0.1, 0.15) is 53.5 Å². The lowest BCUT2D eigenvalue weighted by Gasteiger charge is -2.29. The Kier molecular flexibility index (Phi) is 5.77. The smallest absolute Gasteiger partial charge is 0.352 e. The quantitative estimate of drug-likeness (QED) is 0.654. The molecule has 3 aromatic rings. The first-order valence-corrected chi connectivity index (χ1v) is 10.6. The number of fused-ring (bicyclic) bond motifs is 1. The Balaban J connectivity index is 1.80. The van der Waals surface area contributed by atoms with Gasteiger partial charge in [0.25, 0.3) is 0 Å². The number of benzene rings is 1. The number of hydrogen-bond donors (Lipinski definition) is 1. The molecule has 2 aromatic heterocycles. The number of aromatic carboxylic acids is 1. The number of morpholine rings is 1. The first-order valence-electron chi connectivity index (χ1n) is 10.6. The average Bonchev–Trinajstić information content (AvgIpc) is 3.11. The summed E-state index contributed by atoms with van der Waals surface area (Å²) in [6.45, 7) is 10.0. The average molecular weight is 408 g/mol. The monoisotopic (exact) mass is 407 g/mol. The fraction of sp³-hybridized carbons (Fsp3) is 0.417. The summed E-state index contributed by atoms with van der Waals surface area (Å²) >= 11 is 0. The Bertz CT molecular complexity index is 1070. The van der Waals surface area contributed by atoms with Crippen molar-refractivity contribution in [2.45, 2.75) is 39.7 Å². The normalized spacial score (nSPS) is 15.5. The van der Waals surface area contributed by atoms with E-state index in [1.807, 2.05) is 16.8 Å². The van der Waals surface area contributed by atoms with Crippen molar-refractivity contribution in [3.05, 3.63) is 59.0 Å². The summed E-state index contributed by atoms with van der Waals surface area (Å²) in [7, 11) is 0. The van der Waals surface area contributed by atoms with Gasteiger partial charge in [-0.15, -0.1) is 0 Å². The summed E-state index contributed by atoms with van der Waals surface area (Å²) in [5.41, 5.74) is 5.62. The molecule has 0 radical (unpaired) electrons. The van der Waals surface area contributed by atoms with Crippen LogP contribution in [-0.2, 0) is 11.3 Å². The zero-order valence-corrected chi connectivity index (χ0v) is 17.9. The standard InChI is InChI=1S/C24H29N3O3/c1-4-17(3)21-12-16(2)11-18-13-22(24(28)29)27(23(18)21)15-19-14-20(5-6-25-19)26-7-9-30-10-8-26/h5-6,11-14,17H,4,7-10,15H2,1-3H3,(H,28,29). The largest absolute Gasteiger partial charge is 0.477 e. The van der Waals surface area contributed by atoms with E-state index in [1.165, 1.54) is 5.56 Å². The number of carboxylic acid groups (broad SMARTS) is 1. The Hall–Kier alpha value is -2.86. The molecule has 3 heterocycles. The van der Waals surface area contributed by atoms with Gasteiger partial charge in [-0.2, -0.15) is 0 Å². The van der Waals surface area contributed by atoms with E-state index in [0.29, 0.717) is 18.2 Å². The maximum absolute atomic E-state index is 12.1. The molecule has 1 saturated heterocycles. The van der Waals surface area contributed by atoms with Gasteiger partial charge >= 0.3 is 5.97 Å². The molecule has 1 unspecified atom stereocenters. The highest BCUT2D eigenvalue weighted by atomic mass is 16.5. The second-order valence-corrected chi connectivity index (χ2v) is 8.13. The molecule has 6 nitrogen and oxygen atoms in total. The van der Waals surface area contributed by atoms with Crippen LogP contribution in [0.4, 0.5) is 5.69 Å². The Labute approximate surface area is 177 Å². The third-order valence-electron chi connectivity index (χ3n) is 6.03. The lowest BCUT2D eigenvalue weighted by atomic mass is 9.94. The van der Waals surface area contributed by atoms with Gasteiger partial charge in [-0.3, -0.25) is 4.98 Å². The zero-order chi connectivity index (χ0) is 21.3. The molecule has 1 fully saturated rings. The van der Waals surface area contributed by atoms with Gasteiger partial charge in [0.05, 0.1) is 31.0 Å². The van der Waals surface area contributed by atoms with Gasteiger partial charge < -0.3 is 19.3 Å². The van der Waals surface area contributed by atoms with Gasteiger partial charge in [-0.25, -0.2) is 4.79 Å². The molecular formula is C24H29N3O3. The highest BCUT2D eigenvalue weighted by Gasteiger charge is 2.21. The zero-order valence-electron chi connectivity index (χ0n) is 17.9. The minimum atomic E-state index is -0.914. The van der Waals surface area contributed by atoms with Gasteiger partial charge in [-0.1, -0.05) is 25.5 Å². The number of hydrogen-bond acceptors (Lipinski definition) is 4. The predicted octanol–water partition coefficient (Wildman–Crippen LogP) is 4.44. The summed E-state index contributed by atoms with van der Waals surface area (Å²) in [5, 5.41) is 10.9. The maximum atomic E-state index is 12.1. The van der Waals surface area contributed by atoms with E-state index in [1.54, 1.807) is 6.07 Å². The van der Waals surface area contributed by atoms with Crippen LogP contribution in [0.25, 0.3) is 10.9 Å². The predicted molar refractivity (Wildman–Crippen MR) is 119 cm³/mol. The molecule has 0 bridgehead atoms. The topological polar surface area (TPSA) is 67.6 Å². The Morgan fingerprint density at radius 1 is 1.23 bits per heavy atom. The number of aromatic nitrogens is 2. The van der Waals surface area contributed by atoms with Crippen LogP contribution in [-0.4, -0.2) is 46.9 Å². The molecular weight excluding hydrogens is 378 g/mol. The molecule has 30 heavy (non-hydrogen) atoms. The van der Waals surface area contributed by atoms with Gasteiger partial charge in [0.15, 0.2) is 0 Å². The second-order valence-electron chi connectivity index (χ2n) is 8.13. The molecule has 6 heteroatoms. The first kappa shape index (κ1) is 20.4. The van der Waals surface area contributed by atoms with Crippen molar-refractivity contribution in [3.8, 4) is 0 Å². The Morgan fingerprint density at radius 3 is 2.70 bits per heavy atom. The number of nitrogens with zero attached hydrogens (tertiary/aromatic N) is 3. The van der Waals surface area contributed by atoms with Crippen LogP contribution in [0, 0.1) is 6.92 Å². The van der Waals surface area contributed by atoms with Crippen LogP contribution >= 0.6 is 0 Å². The third-order valence-corrected chi connectivity index (χ3v) is 6.03. The van der Waals surface area contributed by atoms with E-state index in [9.17, 15) is 9.90 Å². The molecule has 1 aromatic carbocycles. The van der Waals surface area contributed by atoms with Crippen molar-refractivity contribution in [3.63, 3.8) is 0 Å². The number of carboxylic acids is 1. The SMILES string of the molecule is CCC(C)c1cc(C)cc2cc(C(=O)O)n(Cc3cc(N4CCOCC4)ccn3)c12. The molecule has 0 spiro atoms. The van der Waals surface area contributed by atoms with Crippen molar-refractivity contribution in [1.29, 1.82) is 0 Å². The third kappa shape index (κ3) is 3.92. The van der Waals surface area contributed by atoms with Crippen LogP contribution in [0.2, 0.25) is 0 Å². The second kappa shape index (κ2) is 8.48. The minimum absolute atomic E-state index is 0.304. The fourth-order valence-corrected chi connectivity index (χ4v) is 4.27. The van der Waals surface area contributed by atoms with E-state index in [-0.39, 0.29) is 0 Å². The molecule has 1 aliphatic rings. The van der Waals surface area contributed by atoms with Gasteiger partial charge in [0.2, 0.25) is 0 Å². The van der Waals surface area contributed by atoms with Crippen LogP contribution in [0.15, 0.2) is 36.5 Å². The van der Waals surface area contributed by atoms with E-state index in [2.05, 4.69) is 48.9 Å². The van der Waals surface area contributed by atoms with Crippen molar-refractivity contribution < 1.29 is 14.6 Å². The highest BCUT2D eigenvalue weighted by Crippen LogP contribution is 2.32. The van der Waals surface area contributed by atoms with E-state index < -0.39 is 5.97 Å². The molecule has 1 aliphatic heterocycles. The van der Waals surface area contributed by atoms with Crippen LogP contribution in [0.3, 0.4) is 0 Å². The number of carbonyl (C=O) groups is 1. The number of rotatable bonds is 6. The molecule has 0 aliphatic carbocycles. The number of aryl methyl sites for hydroxylation is 1. The van der Waals surface area contributed by atoms with E-state index in [0.717, 1.165) is 60.6 Å². The number of anilines is 1. The van der Waals surface area contributed by atoms with E-state index >= 15 is 0 Å². The van der Waals surface area contributed by atoms with Gasteiger partial charge in [-0.05, 0) is 49.1 Å². The maximum Gasteiger partial charge on any atom is 0.352 e. The van der Waals surface area contributed by atoms with Crippen LogP contribution in [0.5, 0.6) is 0 Å². The van der Waals surface area contributed by atoms with Gasteiger partial charge in [0.1, 0.15) is 5.69 Å². The summed E-state index contributed by atoms with van der Waals surface area (Å²) in [4.78, 5) is 18.9. The summed E-state index contributed by atoms with van der Waals surface area (Å²) < 4.78 is 7.38. The minimum Gasteiger partial charge on any atom is -0.477 e. The molecule has 0 amide bonds. The summed E-state index contributed by atoms with van der Waals surface area (Å²) in [6, 6.07) is 10.1. The fourth-order valence-electron chi connectivity index (χ4n) is 4.27. The van der Waals surface area contributed by atoms with Crippen molar-refractivity contribution >= 4 is 22.6 Å². The number of pyridine rings is 1. The molecule has 1 N–H and O–H groups in total. The highest BCUT2D eigenvalue weighted by molar-refractivity contribution is 5.96. The number of ether oxygens (including phenoxy) is 1. The van der Waals surface area contributed by atoms with E-state index in [4.69, 9.17) is 4.74 Å². The molecule has 158 valence electrons. The van der Waals surface area contributed by atoms with Crippen molar-refractivity contribution in [2.24, 2.45) is 0 Å². The molecule has 0 saturated carbocycles. The van der Waals surface area contributed by atoms with Crippen molar-refractivity contribution in [1.82, 2.24) is 9.55 Å². The summed E-state index contributed by atoms with van der Waals surface area (Å²) in [5.74, 6) is -0.571. The Morgan fingerprint density at radius 2 is 2.00 bits per heavy atom. The lowest BCUT2D eigenvalue weighted by Crippen LogP contribution is -2.36. The molecule has 1 atom stereocenters. The lowest BCUT2D eigenvalue weighted by molar-refractivity contribution is 0.0686.